The number of hydrogen-bond acceptors (Lipinski definition) is 3. The molecule has 3 unspecified atom stereocenters. The molecule has 0 radical (unpaired) electrons. The van der Waals surface area contributed by atoms with Gasteiger partial charge in [0.05, 0.1) is 44.2 Å². The summed E-state index contributed by atoms with van der Waals surface area (Å²) >= 11 is 0. The molecule has 27 aromatic rings. The number of fused-ring (bicyclic) bond motifs is 27. The first-order valence-corrected chi connectivity index (χ1v) is 46.7. The topological polar surface area (TPSA) is 54.2 Å². The van der Waals surface area contributed by atoms with Gasteiger partial charge in [0.1, 0.15) is 33.5 Å². The van der Waals surface area contributed by atoms with E-state index in [0.717, 1.165) is 82.9 Å². The normalized spacial score (nSPS) is 14.0. The van der Waals surface area contributed by atoms with Crippen molar-refractivity contribution in [3.05, 3.63) is 523 Å². The summed E-state index contributed by atoms with van der Waals surface area (Å²) in [6.07, 6.45) is 0. The molecule has 0 amide bonds. The average Bonchev–Trinajstić information content (AvgIpc) is 1.61. The predicted octanol–water partition coefficient (Wildman–Crippen LogP) is 34.5. The van der Waals surface area contributed by atoms with E-state index in [9.17, 15) is 0 Å². The molecule has 6 nitrogen and oxygen atoms in total. The Kier molecular flexibility index (Phi) is 17.3. The number of furan rings is 3. The predicted molar refractivity (Wildman–Crippen MR) is 559 cm³/mol. The van der Waals surface area contributed by atoms with Crippen molar-refractivity contribution >= 4 is 131 Å². The van der Waals surface area contributed by atoms with Gasteiger partial charge in [0.2, 0.25) is 0 Å². The molecule has 3 aliphatic rings. The fourth-order valence-corrected chi connectivity index (χ4v) is 23.1. The van der Waals surface area contributed by atoms with Crippen LogP contribution in [0.2, 0.25) is 0 Å². The van der Waals surface area contributed by atoms with Crippen LogP contribution < -0.4 is 0 Å². The maximum absolute atomic E-state index is 6.31. The minimum Gasteiger partial charge on any atom is -0.456 e. The number of para-hydroxylation sites is 6. The Bertz CT molecular complexity index is 9540. The van der Waals surface area contributed by atoms with Gasteiger partial charge in [-0.05, 0) is 232 Å². The largest absolute Gasteiger partial charge is 0.456 e. The van der Waals surface area contributed by atoms with Gasteiger partial charge in [-0.3, -0.25) is 0 Å². The Morgan fingerprint density at radius 3 is 0.919 bits per heavy atom. The summed E-state index contributed by atoms with van der Waals surface area (Å²) < 4.78 is 26.0. The quantitative estimate of drug-likeness (QED) is 0.145. The van der Waals surface area contributed by atoms with Crippen LogP contribution in [0, 0.1) is 0 Å². The highest BCUT2D eigenvalue weighted by atomic mass is 16.3. The SMILES string of the molecule is c1ccc(C2c3ccccc3-c3cc(-c4ccc5c6ccccc6n(-c6ccc7c(c6)oc6ccccc67)c5c4)ccc32)cc1.c1ccc(C2c3ccccc3-c3cc(-c4ccc5c6ccccc6n(-c6ccc7oc8ccccc8c7c6)c5c4)ccc32)cc1.c1ccc(C2c3ccccc3-c3cc(-c4ccc5c6ccccc6n(-c6cccc7oc8ccccc8c67)c5c4)ccc32)cc1. The zero-order chi connectivity index (χ0) is 88.5. The van der Waals surface area contributed by atoms with Gasteiger partial charge in [-0.15, -0.1) is 0 Å². The molecule has 0 spiro atoms. The fourth-order valence-electron chi connectivity index (χ4n) is 23.1. The smallest absolute Gasteiger partial charge is 0.137 e. The van der Waals surface area contributed by atoms with Gasteiger partial charge < -0.3 is 27.0 Å². The Morgan fingerprint density at radius 2 is 0.452 bits per heavy atom. The molecular weight excluding hydrogens is 1640 g/mol. The molecule has 630 valence electrons. The third-order valence-electron chi connectivity index (χ3n) is 29.1. The van der Waals surface area contributed by atoms with Crippen LogP contribution in [0.4, 0.5) is 0 Å². The van der Waals surface area contributed by atoms with Crippen molar-refractivity contribution in [3.63, 3.8) is 0 Å². The third-order valence-corrected chi connectivity index (χ3v) is 29.1. The number of nitrogens with zero attached hydrogens (tertiary/aromatic N) is 3. The minimum atomic E-state index is 0.252. The number of aromatic nitrogens is 3. The van der Waals surface area contributed by atoms with Crippen molar-refractivity contribution in [1.82, 2.24) is 13.7 Å². The summed E-state index contributed by atoms with van der Waals surface area (Å²) in [6.45, 7) is 0. The van der Waals surface area contributed by atoms with E-state index < -0.39 is 0 Å². The van der Waals surface area contributed by atoms with Gasteiger partial charge in [0.25, 0.3) is 0 Å². The van der Waals surface area contributed by atoms with Crippen molar-refractivity contribution in [3.8, 4) is 83.8 Å². The van der Waals surface area contributed by atoms with E-state index in [0.29, 0.717) is 0 Å². The van der Waals surface area contributed by atoms with E-state index in [4.69, 9.17) is 13.3 Å². The first kappa shape index (κ1) is 76.3. The standard InChI is InChI=1S/3C43H27NO/c1-2-11-27(12-3-1)42-33-15-5-4-13-30(33)36-25-28(22-24-34(36)42)29-21-23-32-31-14-6-8-17-37(31)44(39(32)26-29)38-18-10-20-41-43(38)35-16-7-9-19-40(35)45-41;1-2-10-27(11-3-1)43-36-15-5-4-12-31(36)38-24-28(19-22-37(38)43)29-18-21-33-32-13-6-8-16-39(32)44(40(33)25-29)30-20-23-35-34-14-7-9-17-41(34)45-42(35)26-30;1-2-10-27(11-3-1)43-35-15-5-4-12-31(35)37-24-28(19-22-36(37)43)29-18-21-33-32-13-6-8-16-39(32)44(40(33)25-29)30-20-23-42-38(26-30)34-14-7-9-17-41(34)45-42/h1-26,42H;2*1-26,43H. The molecule has 6 heterocycles. The van der Waals surface area contributed by atoms with Crippen LogP contribution in [0.5, 0.6) is 0 Å². The Balaban J connectivity index is 0.000000101. The average molecular weight is 1720 g/mol. The highest BCUT2D eigenvalue weighted by Crippen LogP contribution is 2.54. The van der Waals surface area contributed by atoms with Crippen LogP contribution >= 0.6 is 0 Å². The molecule has 0 saturated carbocycles. The highest BCUT2D eigenvalue weighted by Gasteiger charge is 2.34. The monoisotopic (exact) mass is 1720 g/mol. The van der Waals surface area contributed by atoms with E-state index in [1.165, 1.54) is 182 Å². The lowest BCUT2D eigenvalue weighted by atomic mass is 9.89. The molecule has 0 N–H and O–H groups in total. The van der Waals surface area contributed by atoms with Gasteiger partial charge in [-0.1, -0.05) is 352 Å². The van der Waals surface area contributed by atoms with Crippen molar-refractivity contribution < 1.29 is 13.3 Å². The highest BCUT2D eigenvalue weighted by molar-refractivity contribution is 6.17. The zero-order valence-corrected chi connectivity index (χ0v) is 73.3. The molecule has 6 heteroatoms. The van der Waals surface area contributed by atoms with Gasteiger partial charge in [-0.2, -0.15) is 0 Å². The Morgan fingerprint density at radius 1 is 0.156 bits per heavy atom. The molecular formula is C129H81N3O3. The second kappa shape index (κ2) is 30.5. The van der Waals surface area contributed by atoms with Crippen molar-refractivity contribution in [2.24, 2.45) is 0 Å². The van der Waals surface area contributed by atoms with Gasteiger partial charge in [-0.25, -0.2) is 0 Å². The lowest BCUT2D eigenvalue weighted by Crippen LogP contribution is -1.98. The molecule has 6 aromatic heterocycles. The summed E-state index contributed by atoms with van der Waals surface area (Å²) in [4.78, 5) is 0. The first-order chi connectivity index (χ1) is 67.0. The second-order valence-corrected chi connectivity index (χ2v) is 36.3. The molecule has 0 bridgehead atoms. The van der Waals surface area contributed by atoms with E-state index in [1.54, 1.807) is 0 Å². The van der Waals surface area contributed by atoms with Crippen molar-refractivity contribution in [1.29, 1.82) is 0 Å². The lowest BCUT2D eigenvalue weighted by molar-refractivity contribution is 0.668. The molecule has 0 saturated heterocycles. The number of rotatable bonds is 9. The van der Waals surface area contributed by atoms with E-state index in [1.807, 2.05) is 30.3 Å². The molecule has 3 atom stereocenters. The van der Waals surface area contributed by atoms with Crippen LogP contribution in [0.3, 0.4) is 0 Å². The molecule has 30 rings (SSSR count). The molecule has 0 aliphatic heterocycles. The molecule has 21 aromatic carbocycles. The van der Waals surface area contributed by atoms with Gasteiger partial charge in [0, 0.05) is 94.4 Å². The van der Waals surface area contributed by atoms with E-state index in [-0.39, 0.29) is 17.8 Å². The fraction of sp³-hybridized carbons (Fsp3) is 0.0233. The maximum atomic E-state index is 6.31. The summed E-state index contributed by atoms with van der Waals surface area (Å²) in [5, 5.41) is 14.3. The summed E-state index contributed by atoms with van der Waals surface area (Å²) in [7, 11) is 0. The third kappa shape index (κ3) is 12.1. The zero-order valence-electron chi connectivity index (χ0n) is 73.3. The number of hydrogen-bond donors (Lipinski definition) is 0. The van der Waals surface area contributed by atoms with Gasteiger partial charge in [0.15, 0.2) is 0 Å². The summed E-state index contributed by atoms with van der Waals surface area (Å²) in [5.41, 5.74) is 43.5. The summed E-state index contributed by atoms with van der Waals surface area (Å²) in [5.74, 6) is 0.761. The van der Waals surface area contributed by atoms with Crippen LogP contribution in [0.1, 0.15) is 67.8 Å². The van der Waals surface area contributed by atoms with Crippen LogP contribution in [0.25, 0.3) is 215 Å². The van der Waals surface area contributed by atoms with E-state index in [2.05, 4.69) is 457 Å². The Labute approximate surface area is 777 Å². The number of benzene rings is 21. The van der Waals surface area contributed by atoms with E-state index >= 15 is 0 Å². The first-order valence-electron chi connectivity index (χ1n) is 46.7. The van der Waals surface area contributed by atoms with Crippen LogP contribution in [0.15, 0.2) is 486 Å². The minimum absolute atomic E-state index is 0.252. The molecule has 135 heavy (non-hydrogen) atoms. The molecule has 3 aliphatic carbocycles. The van der Waals surface area contributed by atoms with Gasteiger partial charge >= 0.3 is 0 Å². The maximum Gasteiger partial charge on any atom is 0.137 e. The molecule has 0 fully saturated rings. The van der Waals surface area contributed by atoms with Crippen LogP contribution in [-0.2, 0) is 0 Å². The summed E-state index contributed by atoms with van der Waals surface area (Å²) in [6, 6.07) is 172. The lowest BCUT2D eigenvalue weighted by Gasteiger charge is -2.15. The van der Waals surface area contributed by atoms with Crippen molar-refractivity contribution in [2.75, 3.05) is 0 Å². The Hall–Kier alpha value is -17.6. The van der Waals surface area contributed by atoms with Crippen molar-refractivity contribution in [2.45, 2.75) is 17.8 Å². The van der Waals surface area contributed by atoms with Crippen LogP contribution in [-0.4, -0.2) is 13.7 Å². The second-order valence-electron chi connectivity index (χ2n) is 36.3.